The summed E-state index contributed by atoms with van der Waals surface area (Å²) < 4.78 is 0. The maximum Gasteiger partial charge on any atom is 0.328 e. The third kappa shape index (κ3) is 11.4. The van der Waals surface area contributed by atoms with Crippen molar-refractivity contribution in [3.63, 3.8) is 0 Å². The first-order valence-electron chi connectivity index (χ1n) is 11.4. The average molecular weight is 498 g/mol. The Labute approximate surface area is 212 Å². The Morgan fingerprint density at radius 2 is 1.39 bits per heavy atom. The van der Waals surface area contributed by atoms with Crippen LogP contribution >= 0.6 is 0 Å². The fourth-order valence-corrected chi connectivity index (χ4v) is 3.47. The summed E-state index contributed by atoms with van der Waals surface area (Å²) in [6.07, 6.45) is 1.92. The van der Waals surface area contributed by atoms with Crippen LogP contribution in [0.15, 0.2) is 54.6 Å². The molecular weight excluding hydrogens is 462 g/mol. The molecule has 0 aliphatic carbocycles. The fourth-order valence-electron chi connectivity index (χ4n) is 3.47. The molecule has 194 valence electrons. The van der Waals surface area contributed by atoms with Crippen LogP contribution in [0.3, 0.4) is 0 Å². The molecule has 2 aromatic rings. The van der Waals surface area contributed by atoms with Gasteiger partial charge < -0.3 is 25.3 Å². The number of anilines is 1. The third-order valence-electron chi connectivity index (χ3n) is 4.99. The standard InChI is InChI=1S/C23H31N3O2.C4H4O4/c1-17-14-18(2)22(19(3)15-17)24-21(27)16-26(13-9-12-25(4)5)23(28)20-10-7-6-8-11-20;5-3(6)1-2-4(7)8/h6-8,10-11,14-15H,9,12-13,16H2,1-5H3,(H,24,27);1-2H,(H,5,6)(H,7,8). The molecule has 36 heavy (non-hydrogen) atoms. The van der Waals surface area contributed by atoms with Crippen LogP contribution in [0.2, 0.25) is 0 Å². The first kappa shape index (κ1) is 30.1. The minimum Gasteiger partial charge on any atom is -0.478 e. The number of aliphatic carboxylic acids is 2. The number of nitrogens with zero attached hydrogens (tertiary/aromatic N) is 2. The number of amides is 2. The van der Waals surface area contributed by atoms with Crippen LogP contribution in [-0.2, 0) is 14.4 Å². The molecule has 0 aliphatic rings. The summed E-state index contributed by atoms with van der Waals surface area (Å²) in [5, 5.41) is 18.6. The van der Waals surface area contributed by atoms with E-state index in [1.807, 2.05) is 65.2 Å². The van der Waals surface area contributed by atoms with Gasteiger partial charge in [0.2, 0.25) is 5.91 Å². The van der Waals surface area contributed by atoms with Gasteiger partial charge in [0.1, 0.15) is 6.54 Å². The zero-order valence-corrected chi connectivity index (χ0v) is 21.4. The number of carboxylic acids is 2. The van der Waals surface area contributed by atoms with Crippen LogP contribution in [0.25, 0.3) is 0 Å². The first-order chi connectivity index (χ1) is 16.9. The molecule has 0 aliphatic heterocycles. The number of carbonyl (C=O) groups is 4. The third-order valence-corrected chi connectivity index (χ3v) is 4.99. The number of rotatable bonds is 10. The second-order valence-corrected chi connectivity index (χ2v) is 8.58. The first-order valence-corrected chi connectivity index (χ1v) is 11.4. The van der Waals surface area contributed by atoms with Gasteiger partial charge in [0.05, 0.1) is 0 Å². The Balaban J connectivity index is 0.000000697. The van der Waals surface area contributed by atoms with Crippen molar-refractivity contribution in [2.45, 2.75) is 27.2 Å². The number of hydrogen-bond donors (Lipinski definition) is 3. The predicted octanol–water partition coefficient (Wildman–Crippen LogP) is 3.36. The lowest BCUT2D eigenvalue weighted by Gasteiger charge is -2.24. The Morgan fingerprint density at radius 3 is 1.86 bits per heavy atom. The highest BCUT2D eigenvalue weighted by molar-refractivity contribution is 6.00. The monoisotopic (exact) mass is 497 g/mol. The van der Waals surface area contributed by atoms with Crippen molar-refractivity contribution in [1.29, 1.82) is 0 Å². The van der Waals surface area contributed by atoms with Crippen molar-refractivity contribution >= 4 is 29.4 Å². The molecule has 0 fully saturated rings. The topological polar surface area (TPSA) is 127 Å². The van der Waals surface area contributed by atoms with Crippen molar-refractivity contribution in [2.75, 3.05) is 39.0 Å². The molecule has 0 radical (unpaired) electrons. The molecule has 0 atom stereocenters. The molecular formula is C27H35N3O6. The molecule has 2 rings (SSSR count). The van der Waals surface area contributed by atoms with Crippen LogP contribution in [0.5, 0.6) is 0 Å². The van der Waals surface area contributed by atoms with Crippen LogP contribution in [0.4, 0.5) is 5.69 Å². The molecule has 0 spiro atoms. The largest absolute Gasteiger partial charge is 0.478 e. The molecule has 9 nitrogen and oxygen atoms in total. The molecule has 3 N–H and O–H groups in total. The Morgan fingerprint density at radius 1 is 0.861 bits per heavy atom. The van der Waals surface area contributed by atoms with Gasteiger partial charge in [-0.3, -0.25) is 9.59 Å². The van der Waals surface area contributed by atoms with Gasteiger partial charge in [0, 0.05) is 29.9 Å². The number of aryl methyl sites for hydroxylation is 3. The second-order valence-electron chi connectivity index (χ2n) is 8.58. The van der Waals surface area contributed by atoms with E-state index in [2.05, 4.69) is 10.2 Å². The number of nitrogens with one attached hydrogen (secondary N) is 1. The summed E-state index contributed by atoms with van der Waals surface area (Å²) >= 11 is 0. The zero-order chi connectivity index (χ0) is 27.3. The molecule has 0 saturated heterocycles. The maximum atomic E-state index is 12.9. The Bertz CT molecular complexity index is 1040. The number of carbonyl (C=O) groups excluding carboxylic acids is 2. The van der Waals surface area contributed by atoms with Crippen LogP contribution in [-0.4, -0.2) is 77.5 Å². The van der Waals surface area contributed by atoms with Gasteiger partial charge in [0.25, 0.3) is 5.91 Å². The van der Waals surface area contributed by atoms with Crippen LogP contribution < -0.4 is 5.32 Å². The Kier molecular flexibility index (Phi) is 12.6. The predicted molar refractivity (Wildman–Crippen MR) is 139 cm³/mol. The van der Waals surface area contributed by atoms with Crippen molar-refractivity contribution in [1.82, 2.24) is 9.80 Å². The van der Waals surface area contributed by atoms with Crippen LogP contribution in [0, 0.1) is 20.8 Å². The number of hydrogen-bond acceptors (Lipinski definition) is 5. The minimum atomic E-state index is -1.26. The van der Waals surface area contributed by atoms with Gasteiger partial charge in [-0.25, -0.2) is 9.59 Å². The van der Waals surface area contributed by atoms with E-state index >= 15 is 0 Å². The van der Waals surface area contributed by atoms with E-state index in [0.29, 0.717) is 24.3 Å². The van der Waals surface area contributed by atoms with Gasteiger partial charge in [-0.2, -0.15) is 0 Å². The average Bonchev–Trinajstić information content (AvgIpc) is 2.79. The lowest BCUT2D eigenvalue weighted by molar-refractivity contribution is -0.134. The van der Waals surface area contributed by atoms with E-state index in [4.69, 9.17) is 10.2 Å². The van der Waals surface area contributed by atoms with Gasteiger partial charge in [-0.1, -0.05) is 35.9 Å². The highest BCUT2D eigenvalue weighted by Crippen LogP contribution is 2.22. The van der Waals surface area contributed by atoms with Gasteiger partial charge >= 0.3 is 11.9 Å². The molecule has 0 bridgehead atoms. The van der Waals surface area contributed by atoms with E-state index in [1.165, 1.54) is 0 Å². The summed E-state index contributed by atoms with van der Waals surface area (Å²) in [7, 11) is 4.00. The lowest BCUT2D eigenvalue weighted by atomic mass is 10.1. The summed E-state index contributed by atoms with van der Waals surface area (Å²) in [6, 6.07) is 13.2. The number of carboxylic acid groups (broad SMARTS) is 2. The quantitative estimate of drug-likeness (QED) is 0.430. The maximum absolute atomic E-state index is 12.9. The zero-order valence-electron chi connectivity index (χ0n) is 21.4. The normalized spacial score (nSPS) is 10.5. The van der Waals surface area contributed by atoms with Crippen molar-refractivity contribution < 1.29 is 29.4 Å². The molecule has 2 aromatic carbocycles. The highest BCUT2D eigenvalue weighted by atomic mass is 16.4. The summed E-state index contributed by atoms with van der Waals surface area (Å²) in [6.45, 7) is 7.44. The lowest BCUT2D eigenvalue weighted by Crippen LogP contribution is -2.39. The van der Waals surface area contributed by atoms with E-state index in [9.17, 15) is 19.2 Å². The SMILES string of the molecule is Cc1cc(C)c(NC(=O)CN(CCCN(C)C)C(=O)c2ccccc2)c(C)c1.O=C(O)C=CC(=O)O. The van der Waals surface area contributed by atoms with Crippen molar-refractivity contribution in [2.24, 2.45) is 0 Å². The van der Waals surface area contributed by atoms with Gasteiger partial charge in [0.15, 0.2) is 0 Å². The van der Waals surface area contributed by atoms with Crippen molar-refractivity contribution in [3.05, 3.63) is 76.9 Å². The number of benzene rings is 2. The van der Waals surface area contributed by atoms with Crippen LogP contribution in [0.1, 0.15) is 33.5 Å². The summed E-state index contributed by atoms with van der Waals surface area (Å²) in [5.74, 6) is -2.81. The van der Waals surface area contributed by atoms with Gasteiger partial charge in [-0.05, 0) is 71.1 Å². The summed E-state index contributed by atoms with van der Waals surface area (Å²) in [5.41, 5.74) is 4.65. The van der Waals surface area contributed by atoms with Crippen molar-refractivity contribution in [3.8, 4) is 0 Å². The van der Waals surface area contributed by atoms with E-state index in [-0.39, 0.29) is 18.4 Å². The molecule has 0 unspecified atom stereocenters. The highest BCUT2D eigenvalue weighted by Gasteiger charge is 2.19. The molecule has 0 heterocycles. The minimum absolute atomic E-state index is 0.0356. The van der Waals surface area contributed by atoms with E-state index < -0.39 is 11.9 Å². The summed E-state index contributed by atoms with van der Waals surface area (Å²) in [4.78, 5) is 48.5. The van der Waals surface area contributed by atoms with Gasteiger partial charge in [-0.15, -0.1) is 0 Å². The molecule has 0 aromatic heterocycles. The Hall–Kier alpha value is -3.98. The molecule has 2 amide bonds. The second kappa shape index (κ2) is 15.1. The van der Waals surface area contributed by atoms with E-state index in [0.717, 1.165) is 35.3 Å². The smallest absolute Gasteiger partial charge is 0.328 e. The molecule has 9 heteroatoms. The fraction of sp³-hybridized carbons (Fsp3) is 0.333. The molecule has 0 saturated carbocycles. The van der Waals surface area contributed by atoms with E-state index in [1.54, 1.807) is 17.0 Å².